The topological polar surface area (TPSA) is 52.6 Å². The molecular weight excluding hydrogens is 192 g/mol. The first-order valence-corrected chi connectivity index (χ1v) is 5.20. The molecule has 0 aliphatic carbocycles. The molecule has 0 spiro atoms. The third kappa shape index (κ3) is 5.74. The molecule has 90 valence electrons. The molecule has 0 rings (SSSR count). The Kier molecular flexibility index (Phi) is 4.74. The average Bonchev–Trinajstić information content (AvgIpc) is 1.98. The molecule has 0 aliphatic heterocycles. The van der Waals surface area contributed by atoms with E-state index in [1.54, 1.807) is 13.8 Å². The standard InChI is InChI=1S/C11H24N2O2/c1-10(2,8-13(5)6)7-12-11(3,4)9(14)15/h12H,7-8H2,1-6H3,(H,14,15). The number of carboxylic acid groups (broad SMARTS) is 1. The van der Waals surface area contributed by atoms with Gasteiger partial charge in [0.1, 0.15) is 5.54 Å². The Bertz CT molecular complexity index is 223. The number of carboxylic acids is 1. The molecule has 0 atom stereocenters. The van der Waals surface area contributed by atoms with Gasteiger partial charge in [-0.1, -0.05) is 13.8 Å². The van der Waals surface area contributed by atoms with Crippen molar-refractivity contribution in [2.45, 2.75) is 33.2 Å². The van der Waals surface area contributed by atoms with E-state index >= 15 is 0 Å². The van der Waals surface area contributed by atoms with Gasteiger partial charge >= 0.3 is 5.97 Å². The Hall–Kier alpha value is -0.610. The van der Waals surface area contributed by atoms with E-state index in [0.29, 0.717) is 6.54 Å². The largest absolute Gasteiger partial charge is 0.480 e. The highest BCUT2D eigenvalue weighted by Crippen LogP contribution is 2.16. The van der Waals surface area contributed by atoms with E-state index in [-0.39, 0.29) is 5.41 Å². The molecule has 0 heterocycles. The summed E-state index contributed by atoms with van der Waals surface area (Å²) in [7, 11) is 4.04. The minimum atomic E-state index is -0.858. The molecule has 0 bridgehead atoms. The van der Waals surface area contributed by atoms with Crippen LogP contribution in [0.5, 0.6) is 0 Å². The van der Waals surface area contributed by atoms with Gasteiger partial charge in [0.25, 0.3) is 0 Å². The van der Waals surface area contributed by atoms with E-state index in [9.17, 15) is 4.79 Å². The summed E-state index contributed by atoms with van der Waals surface area (Å²) in [5.41, 5.74) is -0.792. The van der Waals surface area contributed by atoms with Crippen LogP contribution in [0.4, 0.5) is 0 Å². The second-order valence-corrected chi connectivity index (χ2v) is 5.69. The summed E-state index contributed by atoms with van der Waals surface area (Å²) < 4.78 is 0. The molecule has 2 N–H and O–H groups in total. The first kappa shape index (κ1) is 14.4. The number of nitrogens with one attached hydrogen (secondary N) is 1. The van der Waals surface area contributed by atoms with Crippen molar-refractivity contribution in [2.24, 2.45) is 5.41 Å². The van der Waals surface area contributed by atoms with Crippen molar-refractivity contribution in [3.8, 4) is 0 Å². The maximum absolute atomic E-state index is 10.9. The molecule has 4 heteroatoms. The highest BCUT2D eigenvalue weighted by Gasteiger charge is 2.29. The summed E-state index contributed by atoms with van der Waals surface area (Å²) in [5.74, 6) is -0.817. The first-order chi connectivity index (χ1) is 6.57. The van der Waals surface area contributed by atoms with Gasteiger partial charge in [-0.25, -0.2) is 0 Å². The lowest BCUT2D eigenvalue weighted by molar-refractivity contribution is -0.143. The SMILES string of the molecule is CN(C)CC(C)(C)CNC(C)(C)C(=O)O. The molecule has 0 radical (unpaired) electrons. The quantitative estimate of drug-likeness (QED) is 0.696. The zero-order valence-electron chi connectivity index (χ0n) is 10.7. The summed E-state index contributed by atoms with van der Waals surface area (Å²) in [6.45, 7) is 9.22. The van der Waals surface area contributed by atoms with Gasteiger partial charge in [-0.15, -0.1) is 0 Å². The molecule has 0 amide bonds. The van der Waals surface area contributed by atoms with Gasteiger partial charge in [-0.05, 0) is 33.4 Å². The van der Waals surface area contributed by atoms with E-state index in [1.165, 1.54) is 0 Å². The van der Waals surface area contributed by atoms with E-state index in [4.69, 9.17) is 5.11 Å². The Balaban J connectivity index is 4.20. The van der Waals surface area contributed by atoms with Crippen LogP contribution >= 0.6 is 0 Å². The van der Waals surface area contributed by atoms with Gasteiger partial charge < -0.3 is 15.3 Å². The molecule has 15 heavy (non-hydrogen) atoms. The van der Waals surface area contributed by atoms with Crippen molar-refractivity contribution in [1.82, 2.24) is 10.2 Å². The lowest BCUT2D eigenvalue weighted by Crippen LogP contribution is -2.51. The van der Waals surface area contributed by atoms with Gasteiger partial charge in [-0.3, -0.25) is 4.79 Å². The summed E-state index contributed by atoms with van der Waals surface area (Å²) in [5, 5.41) is 12.0. The zero-order chi connectivity index (χ0) is 12.3. The Morgan fingerprint density at radius 2 is 1.73 bits per heavy atom. The number of nitrogens with zero attached hydrogens (tertiary/aromatic N) is 1. The van der Waals surface area contributed by atoms with Crippen LogP contribution in [0.2, 0.25) is 0 Å². The minimum Gasteiger partial charge on any atom is -0.480 e. The monoisotopic (exact) mass is 216 g/mol. The average molecular weight is 216 g/mol. The number of hydrogen-bond donors (Lipinski definition) is 2. The molecule has 0 saturated carbocycles. The summed E-state index contributed by atoms with van der Waals surface area (Å²) >= 11 is 0. The third-order valence-electron chi connectivity index (χ3n) is 2.29. The first-order valence-electron chi connectivity index (χ1n) is 5.20. The van der Waals surface area contributed by atoms with Gasteiger partial charge in [0.05, 0.1) is 0 Å². The fraction of sp³-hybridized carbons (Fsp3) is 0.909. The summed E-state index contributed by atoms with van der Waals surface area (Å²) in [6, 6.07) is 0. The molecule has 0 aromatic rings. The van der Waals surface area contributed by atoms with Crippen molar-refractivity contribution < 1.29 is 9.90 Å². The van der Waals surface area contributed by atoms with Gasteiger partial charge in [0.15, 0.2) is 0 Å². The van der Waals surface area contributed by atoms with Crippen LogP contribution in [0.1, 0.15) is 27.7 Å². The predicted octanol–water partition coefficient (Wildman–Crippen LogP) is 1.03. The predicted molar refractivity (Wildman–Crippen MR) is 62.1 cm³/mol. The molecule has 0 aromatic carbocycles. The third-order valence-corrected chi connectivity index (χ3v) is 2.29. The zero-order valence-corrected chi connectivity index (χ0v) is 10.7. The molecule has 0 fully saturated rings. The second kappa shape index (κ2) is 4.94. The summed E-state index contributed by atoms with van der Waals surface area (Å²) in [4.78, 5) is 13.0. The number of aliphatic carboxylic acids is 1. The van der Waals surface area contributed by atoms with Crippen molar-refractivity contribution >= 4 is 5.97 Å². The van der Waals surface area contributed by atoms with Crippen LogP contribution in [0.15, 0.2) is 0 Å². The molecule has 0 saturated heterocycles. The minimum absolute atomic E-state index is 0.0657. The van der Waals surface area contributed by atoms with Crippen LogP contribution in [0, 0.1) is 5.41 Å². The molecule has 0 unspecified atom stereocenters. The van der Waals surface area contributed by atoms with Crippen molar-refractivity contribution in [3.63, 3.8) is 0 Å². The van der Waals surface area contributed by atoms with Crippen molar-refractivity contribution in [1.29, 1.82) is 0 Å². The van der Waals surface area contributed by atoms with Crippen LogP contribution < -0.4 is 5.32 Å². The Labute approximate surface area is 92.7 Å². The molecule has 4 nitrogen and oxygen atoms in total. The lowest BCUT2D eigenvalue weighted by atomic mass is 9.91. The van der Waals surface area contributed by atoms with E-state index < -0.39 is 11.5 Å². The lowest BCUT2D eigenvalue weighted by Gasteiger charge is -2.32. The summed E-state index contributed by atoms with van der Waals surface area (Å²) in [6.07, 6.45) is 0. The highest BCUT2D eigenvalue weighted by molar-refractivity contribution is 5.77. The number of carbonyl (C=O) groups is 1. The maximum Gasteiger partial charge on any atom is 0.323 e. The second-order valence-electron chi connectivity index (χ2n) is 5.69. The van der Waals surface area contributed by atoms with Crippen LogP contribution in [0.3, 0.4) is 0 Å². The highest BCUT2D eigenvalue weighted by atomic mass is 16.4. The van der Waals surface area contributed by atoms with E-state index in [1.807, 2.05) is 14.1 Å². The maximum atomic E-state index is 10.9. The van der Waals surface area contributed by atoms with Crippen molar-refractivity contribution in [2.75, 3.05) is 27.2 Å². The van der Waals surface area contributed by atoms with Crippen LogP contribution in [-0.2, 0) is 4.79 Å². The van der Waals surface area contributed by atoms with Gasteiger partial charge in [0, 0.05) is 13.1 Å². The fourth-order valence-electron chi connectivity index (χ4n) is 1.45. The van der Waals surface area contributed by atoms with Crippen LogP contribution in [-0.4, -0.2) is 48.7 Å². The normalized spacial score (nSPS) is 13.3. The Morgan fingerprint density at radius 1 is 1.27 bits per heavy atom. The molecule has 0 aromatic heterocycles. The number of hydrogen-bond acceptors (Lipinski definition) is 3. The molecule has 0 aliphatic rings. The van der Waals surface area contributed by atoms with Gasteiger partial charge in [-0.2, -0.15) is 0 Å². The fourth-order valence-corrected chi connectivity index (χ4v) is 1.45. The van der Waals surface area contributed by atoms with E-state index in [0.717, 1.165) is 6.54 Å². The smallest absolute Gasteiger partial charge is 0.323 e. The van der Waals surface area contributed by atoms with E-state index in [2.05, 4.69) is 24.1 Å². The Morgan fingerprint density at radius 3 is 2.07 bits per heavy atom. The van der Waals surface area contributed by atoms with Gasteiger partial charge in [0.2, 0.25) is 0 Å². The van der Waals surface area contributed by atoms with Crippen molar-refractivity contribution in [3.05, 3.63) is 0 Å². The molecular formula is C11H24N2O2. The number of rotatable bonds is 6. The van der Waals surface area contributed by atoms with Crippen LogP contribution in [0.25, 0.3) is 0 Å².